The van der Waals surface area contributed by atoms with Crippen molar-refractivity contribution in [1.29, 1.82) is 5.41 Å². The van der Waals surface area contributed by atoms with Gasteiger partial charge in [-0.1, -0.05) is 6.07 Å². The molecule has 3 rings (SSSR count). The smallest absolute Gasteiger partial charge is 0.231 e. The van der Waals surface area contributed by atoms with Crippen LogP contribution in [-0.4, -0.2) is 19.2 Å². The summed E-state index contributed by atoms with van der Waals surface area (Å²) in [5.41, 5.74) is 6.66. The molecule has 0 amide bonds. The van der Waals surface area contributed by atoms with E-state index in [0.717, 1.165) is 29.9 Å². The fraction of sp³-hybridized carbons (Fsp3) is 0.500. The lowest BCUT2D eigenvalue weighted by Gasteiger charge is -2.14. The summed E-state index contributed by atoms with van der Waals surface area (Å²) in [6, 6.07) is 5.84. The van der Waals surface area contributed by atoms with Crippen LogP contribution in [0.3, 0.4) is 0 Å². The Labute approximate surface area is 112 Å². The molecular weight excluding hydrogens is 244 g/mol. The third-order valence-electron chi connectivity index (χ3n) is 3.64. The van der Waals surface area contributed by atoms with E-state index in [1.165, 1.54) is 0 Å². The van der Waals surface area contributed by atoms with Crippen LogP contribution in [0.4, 0.5) is 0 Å². The summed E-state index contributed by atoms with van der Waals surface area (Å²) in [7, 11) is 0. The molecule has 3 N–H and O–H groups in total. The Morgan fingerprint density at radius 1 is 1.32 bits per heavy atom. The summed E-state index contributed by atoms with van der Waals surface area (Å²) in [5, 5.41) is 7.36. The molecule has 102 valence electrons. The molecule has 0 aromatic heterocycles. The third kappa shape index (κ3) is 2.81. The van der Waals surface area contributed by atoms with Gasteiger partial charge in [-0.3, -0.25) is 5.41 Å². The SMILES string of the molecule is N=C(N)CC1(COCc2ccc3c(c2)OCO3)CC1. The molecule has 0 saturated heterocycles. The van der Waals surface area contributed by atoms with Gasteiger partial charge >= 0.3 is 0 Å². The number of amidine groups is 1. The average Bonchev–Trinajstić information content (AvgIpc) is 2.95. The van der Waals surface area contributed by atoms with E-state index in [1.807, 2.05) is 18.2 Å². The van der Waals surface area contributed by atoms with Gasteiger partial charge in [-0.25, -0.2) is 0 Å². The lowest BCUT2D eigenvalue weighted by Crippen LogP contribution is -2.20. The number of fused-ring (bicyclic) bond motifs is 1. The van der Waals surface area contributed by atoms with Crippen LogP contribution in [0, 0.1) is 10.8 Å². The first-order chi connectivity index (χ1) is 9.17. The molecule has 1 heterocycles. The number of hydrogen-bond acceptors (Lipinski definition) is 4. The van der Waals surface area contributed by atoms with E-state index in [2.05, 4.69) is 0 Å². The molecule has 5 nitrogen and oxygen atoms in total. The van der Waals surface area contributed by atoms with Gasteiger partial charge < -0.3 is 19.9 Å². The molecule has 5 heteroatoms. The number of hydrogen-bond donors (Lipinski definition) is 2. The number of benzene rings is 1. The summed E-state index contributed by atoms with van der Waals surface area (Å²) in [6.45, 7) is 1.51. The van der Waals surface area contributed by atoms with Gasteiger partial charge in [0, 0.05) is 11.8 Å². The highest BCUT2D eigenvalue weighted by Gasteiger charge is 2.43. The van der Waals surface area contributed by atoms with Crippen LogP contribution < -0.4 is 15.2 Å². The van der Waals surface area contributed by atoms with Crippen molar-refractivity contribution in [2.45, 2.75) is 25.9 Å². The quantitative estimate of drug-likeness (QED) is 0.607. The second-order valence-electron chi connectivity index (χ2n) is 5.38. The molecule has 0 atom stereocenters. The Morgan fingerprint density at radius 2 is 2.11 bits per heavy atom. The number of nitrogens with two attached hydrogens (primary N) is 1. The van der Waals surface area contributed by atoms with Crippen molar-refractivity contribution in [1.82, 2.24) is 0 Å². The second-order valence-corrected chi connectivity index (χ2v) is 5.38. The van der Waals surface area contributed by atoms with Crippen LogP contribution in [0.2, 0.25) is 0 Å². The second kappa shape index (κ2) is 4.74. The van der Waals surface area contributed by atoms with Gasteiger partial charge in [0.2, 0.25) is 6.79 Å². The van der Waals surface area contributed by atoms with Crippen LogP contribution >= 0.6 is 0 Å². The van der Waals surface area contributed by atoms with Crippen molar-refractivity contribution < 1.29 is 14.2 Å². The number of nitrogens with one attached hydrogen (secondary N) is 1. The number of rotatable bonds is 6. The van der Waals surface area contributed by atoms with Crippen molar-refractivity contribution in [3.63, 3.8) is 0 Å². The molecule has 19 heavy (non-hydrogen) atoms. The molecule has 0 unspecified atom stereocenters. The number of ether oxygens (including phenoxy) is 3. The standard InChI is InChI=1S/C14H18N2O3/c15-13(16)6-14(3-4-14)8-17-7-10-1-2-11-12(5-10)19-9-18-11/h1-2,5H,3-4,6-9H2,(H3,15,16). The fourth-order valence-corrected chi connectivity index (χ4v) is 2.37. The zero-order valence-electron chi connectivity index (χ0n) is 10.8. The van der Waals surface area contributed by atoms with Crippen LogP contribution in [0.25, 0.3) is 0 Å². The maximum absolute atomic E-state index is 7.36. The predicted molar refractivity (Wildman–Crippen MR) is 70.4 cm³/mol. The maximum Gasteiger partial charge on any atom is 0.231 e. The summed E-state index contributed by atoms with van der Waals surface area (Å²) >= 11 is 0. The van der Waals surface area contributed by atoms with Gasteiger partial charge in [0.1, 0.15) is 0 Å². The summed E-state index contributed by atoms with van der Waals surface area (Å²) in [6.07, 6.45) is 2.86. The lowest BCUT2D eigenvalue weighted by atomic mass is 10.0. The Balaban J connectivity index is 1.51. The normalized spacial score (nSPS) is 18.3. The van der Waals surface area contributed by atoms with Crippen LogP contribution in [0.15, 0.2) is 18.2 Å². The topological polar surface area (TPSA) is 77.6 Å². The highest BCUT2D eigenvalue weighted by Crippen LogP contribution is 2.49. The van der Waals surface area contributed by atoms with Gasteiger partial charge in [0.15, 0.2) is 11.5 Å². The first-order valence-electron chi connectivity index (χ1n) is 6.46. The predicted octanol–water partition coefficient (Wildman–Crippen LogP) is 2.04. The molecule has 1 saturated carbocycles. The van der Waals surface area contributed by atoms with Crippen molar-refractivity contribution in [3.8, 4) is 11.5 Å². The minimum Gasteiger partial charge on any atom is -0.454 e. The van der Waals surface area contributed by atoms with Gasteiger partial charge in [0.05, 0.1) is 19.0 Å². The minimum absolute atomic E-state index is 0.127. The van der Waals surface area contributed by atoms with E-state index < -0.39 is 0 Å². The largest absolute Gasteiger partial charge is 0.454 e. The van der Waals surface area contributed by atoms with E-state index in [4.69, 9.17) is 25.4 Å². The van der Waals surface area contributed by atoms with Crippen molar-refractivity contribution in [2.24, 2.45) is 11.1 Å². The van der Waals surface area contributed by atoms with Gasteiger partial charge in [-0.05, 0) is 30.5 Å². The summed E-state index contributed by atoms with van der Waals surface area (Å²) < 4.78 is 16.4. The van der Waals surface area contributed by atoms with Gasteiger partial charge in [0.25, 0.3) is 0 Å². The molecule has 1 aromatic carbocycles. The molecule has 2 aliphatic rings. The average molecular weight is 262 g/mol. The van der Waals surface area contributed by atoms with Gasteiger partial charge in [-0.15, -0.1) is 0 Å². The van der Waals surface area contributed by atoms with E-state index >= 15 is 0 Å². The molecule has 0 radical (unpaired) electrons. The van der Waals surface area contributed by atoms with E-state index in [-0.39, 0.29) is 11.3 Å². The lowest BCUT2D eigenvalue weighted by molar-refractivity contribution is 0.0801. The zero-order chi connectivity index (χ0) is 13.3. The maximum atomic E-state index is 7.36. The van der Waals surface area contributed by atoms with Crippen molar-refractivity contribution >= 4 is 5.84 Å². The summed E-state index contributed by atoms with van der Waals surface area (Å²) in [4.78, 5) is 0. The van der Waals surface area contributed by atoms with Crippen molar-refractivity contribution in [3.05, 3.63) is 23.8 Å². The minimum atomic E-state index is 0.127. The highest BCUT2D eigenvalue weighted by molar-refractivity contribution is 5.78. The molecule has 1 fully saturated rings. The summed E-state index contributed by atoms with van der Waals surface area (Å²) in [5.74, 6) is 1.83. The van der Waals surface area contributed by atoms with E-state index in [9.17, 15) is 0 Å². The fourth-order valence-electron chi connectivity index (χ4n) is 2.37. The molecule has 1 aliphatic heterocycles. The molecular formula is C14H18N2O3. The molecule has 1 aliphatic carbocycles. The van der Waals surface area contributed by atoms with E-state index in [1.54, 1.807) is 0 Å². The third-order valence-corrected chi connectivity index (χ3v) is 3.64. The first-order valence-corrected chi connectivity index (χ1v) is 6.46. The van der Waals surface area contributed by atoms with Crippen LogP contribution in [0.5, 0.6) is 11.5 Å². The Hall–Kier alpha value is -1.75. The van der Waals surface area contributed by atoms with Crippen molar-refractivity contribution in [2.75, 3.05) is 13.4 Å². The van der Waals surface area contributed by atoms with E-state index in [0.29, 0.717) is 26.4 Å². The highest BCUT2D eigenvalue weighted by atomic mass is 16.7. The Kier molecular flexibility index (Phi) is 3.06. The molecule has 0 spiro atoms. The van der Waals surface area contributed by atoms with Crippen LogP contribution in [0.1, 0.15) is 24.8 Å². The monoisotopic (exact) mass is 262 g/mol. The first kappa shape index (κ1) is 12.3. The molecule has 1 aromatic rings. The zero-order valence-corrected chi connectivity index (χ0v) is 10.8. The Bertz CT molecular complexity index is 497. The molecule has 0 bridgehead atoms. The Morgan fingerprint density at radius 3 is 2.84 bits per heavy atom. The van der Waals surface area contributed by atoms with Crippen LogP contribution in [-0.2, 0) is 11.3 Å². The van der Waals surface area contributed by atoms with Gasteiger partial charge in [-0.2, -0.15) is 0 Å².